The average molecular weight is 596 g/mol. The lowest BCUT2D eigenvalue weighted by Crippen LogP contribution is -2.35. The number of ether oxygens (including phenoxy) is 4. The van der Waals surface area contributed by atoms with Crippen LogP contribution in [0.1, 0.15) is 34.7 Å². The predicted molar refractivity (Wildman–Crippen MR) is 162 cm³/mol. The van der Waals surface area contributed by atoms with Gasteiger partial charge in [0.2, 0.25) is 11.8 Å². The van der Waals surface area contributed by atoms with Crippen molar-refractivity contribution in [2.75, 3.05) is 40.3 Å². The maximum absolute atomic E-state index is 9.78. The predicted octanol–water partition coefficient (Wildman–Crippen LogP) is 5.04. The monoisotopic (exact) mass is 595 g/mol. The highest BCUT2D eigenvalue weighted by Crippen LogP contribution is 2.40. The molecule has 0 aliphatic carbocycles. The second-order valence-corrected chi connectivity index (χ2v) is 10.3. The first-order chi connectivity index (χ1) is 21.6. The molecule has 1 aliphatic heterocycles. The van der Waals surface area contributed by atoms with E-state index in [1.165, 1.54) is 0 Å². The first-order valence-electron chi connectivity index (χ1n) is 14.2. The highest BCUT2D eigenvalue weighted by molar-refractivity contribution is 5.58. The Morgan fingerprint density at radius 3 is 2.50 bits per heavy atom. The molecule has 2 aromatic carbocycles. The number of nitrogens with one attached hydrogen (secondary N) is 1. The molecular formula is C32H33N7O5. The third kappa shape index (κ3) is 5.45. The lowest BCUT2D eigenvalue weighted by atomic mass is 9.90. The molecule has 4 heterocycles. The minimum absolute atomic E-state index is 0.140. The number of benzene rings is 2. The second kappa shape index (κ2) is 12.5. The lowest BCUT2D eigenvalue weighted by molar-refractivity contribution is 0.178. The van der Waals surface area contributed by atoms with Crippen LogP contribution in [0.2, 0.25) is 0 Å². The largest absolute Gasteiger partial charge is 0.493 e. The van der Waals surface area contributed by atoms with Crippen LogP contribution < -0.4 is 24.3 Å². The summed E-state index contributed by atoms with van der Waals surface area (Å²) in [6.45, 7) is 1.73. The highest BCUT2D eigenvalue weighted by atomic mass is 16.5. The third-order valence-corrected chi connectivity index (χ3v) is 7.85. The summed E-state index contributed by atoms with van der Waals surface area (Å²) < 4.78 is 29.3. The topological polar surface area (TPSA) is 132 Å². The molecule has 12 nitrogen and oxygen atoms in total. The average Bonchev–Trinajstić information content (AvgIpc) is 3.76. The van der Waals surface area contributed by atoms with Gasteiger partial charge in [0.15, 0.2) is 34.4 Å². The van der Waals surface area contributed by atoms with Crippen LogP contribution in [0, 0.1) is 11.3 Å². The Morgan fingerprint density at radius 1 is 1.00 bits per heavy atom. The van der Waals surface area contributed by atoms with Crippen LogP contribution in [0.3, 0.4) is 0 Å². The van der Waals surface area contributed by atoms with Crippen LogP contribution in [0.5, 0.6) is 23.0 Å². The van der Waals surface area contributed by atoms with E-state index in [1.807, 2.05) is 42.6 Å². The molecule has 12 heteroatoms. The molecule has 226 valence electrons. The van der Waals surface area contributed by atoms with Gasteiger partial charge in [-0.3, -0.25) is 4.90 Å². The zero-order valence-electron chi connectivity index (χ0n) is 25.0. The smallest absolute Gasteiger partial charge is 0.226 e. The Kier molecular flexibility index (Phi) is 8.21. The van der Waals surface area contributed by atoms with Gasteiger partial charge in [0.25, 0.3) is 0 Å². The van der Waals surface area contributed by atoms with Crippen molar-refractivity contribution in [1.29, 1.82) is 5.26 Å². The standard InChI is InChI=1S/C32H33N7O5/c1-40-25-8-7-20(14-27(25)41-2)17-34-32-35-18-22(31-36-30(37-39(31)32)26-6-5-13-44-26)19-38-12-10-21-15-28(42-3)29(43-4)16-23(21)24(38)9-11-33/h5-8,13-16,18,24H,9-10,12,17,19H2,1-4H3,(H,34,35). The molecular weight excluding hydrogens is 562 g/mol. The number of anilines is 1. The lowest BCUT2D eigenvalue weighted by Gasteiger charge is -2.36. The zero-order valence-corrected chi connectivity index (χ0v) is 25.0. The van der Waals surface area contributed by atoms with Gasteiger partial charge in [-0.25, -0.2) is 9.97 Å². The third-order valence-electron chi connectivity index (χ3n) is 7.85. The molecule has 5 aromatic rings. The van der Waals surface area contributed by atoms with E-state index in [-0.39, 0.29) is 6.04 Å². The molecule has 1 aliphatic rings. The van der Waals surface area contributed by atoms with Gasteiger partial charge in [-0.15, -0.1) is 5.10 Å². The van der Waals surface area contributed by atoms with Crippen molar-refractivity contribution in [3.8, 4) is 40.7 Å². The first kappa shape index (κ1) is 28.8. The van der Waals surface area contributed by atoms with Crippen molar-refractivity contribution in [2.24, 2.45) is 0 Å². The number of nitrogens with zero attached hydrogens (tertiary/aromatic N) is 6. The Labute approximate surface area is 254 Å². The number of furan rings is 1. The number of methoxy groups -OCH3 is 4. The normalized spacial score (nSPS) is 14.6. The van der Waals surface area contributed by atoms with E-state index in [1.54, 1.807) is 45.3 Å². The Morgan fingerprint density at radius 2 is 1.77 bits per heavy atom. The molecule has 0 amide bonds. The fourth-order valence-electron chi connectivity index (χ4n) is 5.65. The number of nitriles is 1. The van der Waals surface area contributed by atoms with Crippen molar-refractivity contribution < 1.29 is 23.4 Å². The minimum atomic E-state index is -0.140. The molecule has 0 saturated carbocycles. The molecule has 0 radical (unpaired) electrons. The van der Waals surface area contributed by atoms with Crippen LogP contribution in [-0.4, -0.2) is 59.5 Å². The van der Waals surface area contributed by atoms with E-state index < -0.39 is 0 Å². The van der Waals surface area contributed by atoms with Gasteiger partial charge < -0.3 is 28.7 Å². The minimum Gasteiger partial charge on any atom is -0.493 e. The van der Waals surface area contributed by atoms with E-state index in [4.69, 9.17) is 38.4 Å². The van der Waals surface area contributed by atoms with E-state index in [2.05, 4.69) is 16.3 Å². The van der Waals surface area contributed by atoms with Crippen molar-refractivity contribution >= 4 is 11.6 Å². The van der Waals surface area contributed by atoms with Crippen molar-refractivity contribution in [3.05, 3.63) is 77.2 Å². The van der Waals surface area contributed by atoms with E-state index >= 15 is 0 Å². The summed E-state index contributed by atoms with van der Waals surface area (Å²) in [4.78, 5) is 11.9. The summed E-state index contributed by atoms with van der Waals surface area (Å²) in [5.41, 5.74) is 4.71. The summed E-state index contributed by atoms with van der Waals surface area (Å²) in [5, 5.41) is 17.9. The van der Waals surface area contributed by atoms with Crippen LogP contribution >= 0.6 is 0 Å². The summed E-state index contributed by atoms with van der Waals surface area (Å²) in [6.07, 6.45) is 4.54. The van der Waals surface area contributed by atoms with Crippen molar-refractivity contribution in [3.63, 3.8) is 0 Å². The molecule has 0 bridgehead atoms. The number of hydrogen-bond donors (Lipinski definition) is 1. The van der Waals surface area contributed by atoms with E-state index in [0.717, 1.165) is 35.2 Å². The number of aromatic nitrogens is 4. The fourth-order valence-corrected chi connectivity index (χ4v) is 5.65. The van der Waals surface area contributed by atoms with Crippen LogP contribution in [0.4, 0.5) is 5.95 Å². The summed E-state index contributed by atoms with van der Waals surface area (Å²) in [6, 6.07) is 15.6. The molecule has 1 N–H and O–H groups in total. The summed E-state index contributed by atoms with van der Waals surface area (Å²) in [7, 11) is 6.47. The second-order valence-electron chi connectivity index (χ2n) is 10.3. The van der Waals surface area contributed by atoms with Gasteiger partial charge in [0.05, 0.1) is 47.2 Å². The van der Waals surface area contributed by atoms with Crippen LogP contribution in [0.25, 0.3) is 17.2 Å². The molecule has 44 heavy (non-hydrogen) atoms. The summed E-state index contributed by atoms with van der Waals surface area (Å²) >= 11 is 0. The Bertz CT molecular complexity index is 1810. The first-order valence-corrected chi connectivity index (χ1v) is 14.2. The quantitative estimate of drug-likeness (QED) is 0.220. The molecule has 3 aromatic heterocycles. The van der Waals surface area contributed by atoms with Crippen molar-refractivity contribution in [2.45, 2.75) is 32.0 Å². The highest BCUT2D eigenvalue weighted by Gasteiger charge is 2.30. The maximum Gasteiger partial charge on any atom is 0.226 e. The van der Waals surface area contributed by atoms with Gasteiger partial charge in [-0.2, -0.15) is 9.78 Å². The number of hydrogen-bond acceptors (Lipinski definition) is 11. The molecule has 1 unspecified atom stereocenters. The van der Waals surface area contributed by atoms with Gasteiger partial charge in [0.1, 0.15) is 0 Å². The maximum atomic E-state index is 9.78. The molecule has 0 saturated heterocycles. The molecule has 6 rings (SSSR count). The number of rotatable bonds is 11. The van der Waals surface area contributed by atoms with Gasteiger partial charge >= 0.3 is 0 Å². The summed E-state index contributed by atoms with van der Waals surface area (Å²) in [5.74, 6) is 4.17. The molecule has 0 fully saturated rings. The van der Waals surface area contributed by atoms with Gasteiger partial charge in [-0.1, -0.05) is 6.07 Å². The zero-order chi connectivity index (χ0) is 30.6. The SMILES string of the molecule is COc1ccc(CNc2ncc(CN3CCc4cc(OC)c(OC)cc4C3CC#N)c3nc(-c4ccco4)nn23)cc1OC. The van der Waals surface area contributed by atoms with E-state index in [9.17, 15) is 5.26 Å². The number of fused-ring (bicyclic) bond motifs is 2. The van der Waals surface area contributed by atoms with Crippen LogP contribution in [-0.2, 0) is 19.5 Å². The molecule has 1 atom stereocenters. The van der Waals surface area contributed by atoms with Crippen LogP contribution in [0.15, 0.2) is 59.3 Å². The fraction of sp³-hybridized carbons (Fsp3) is 0.312. The molecule has 0 spiro atoms. The van der Waals surface area contributed by atoms with Gasteiger partial charge in [0, 0.05) is 37.4 Å². The Hall–Kier alpha value is -5.28. The van der Waals surface area contributed by atoms with E-state index in [0.29, 0.717) is 65.7 Å². The van der Waals surface area contributed by atoms with Gasteiger partial charge in [-0.05, 0) is 59.5 Å². The Balaban J connectivity index is 1.34. The van der Waals surface area contributed by atoms with Crippen molar-refractivity contribution in [1.82, 2.24) is 24.5 Å².